The average molecular weight is 573 g/mol. The van der Waals surface area contributed by atoms with E-state index in [1.807, 2.05) is 0 Å². The Bertz CT molecular complexity index is 1740. The Morgan fingerprint density at radius 3 is 2.49 bits per heavy atom. The molecule has 0 unspecified atom stereocenters. The van der Waals surface area contributed by atoms with Gasteiger partial charge in [-0.05, 0) is 62.2 Å². The first-order valence-corrected chi connectivity index (χ1v) is 13.8. The lowest BCUT2D eigenvalue weighted by molar-refractivity contribution is 0.0955. The Morgan fingerprint density at radius 2 is 1.87 bits per heavy atom. The lowest BCUT2D eigenvalue weighted by Gasteiger charge is -2.17. The molecule has 2 aromatic carbocycles. The van der Waals surface area contributed by atoms with Gasteiger partial charge < -0.3 is 14.6 Å². The van der Waals surface area contributed by atoms with Crippen LogP contribution in [-0.4, -0.2) is 30.4 Å². The van der Waals surface area contributed by atoms with Crippen LogP contribution in [0.4, 0.5) is 10.1 Å². The van der Waals surface area contributed by atoms with Gasteiger partial charge in [-0.3, -0.25) is 14.3 Å². The first-order chi connectivity index (χ1) is 17.9. The summed E-state index contributed by atoms with van der Waals surface area (Å²) in [5.41, 5.74) is 1.94. The Hall–Kier alpha value is -4.03. The van der Waals surface area contributed by atoms with Crippen molar-refractivity contribution in [1.29, 1.82) is 0 Å². The second-order valence-corrected chi connectivity index (χ2v) is 11.1. The highest BCUT2D eigenvalue weighted by Gasteiger charge is 2.22. The summed E-state index contributed by atoms with van der Waals surface area (Å²) in [5, 5.41) is 3.58. The van der Waals surface area contributed by atoms with Crippen molar-refractivity contribution in [2.75, 3.05) is 11.3 Å². The van der Waals surface area contributed by atoms with Gasteiger partial charge in [-0.15, -0.1) is 11.3 Å². The second-order valence-electron chi connectivity index (χ2n) is 8.51. The fourth-order valence-corrected chi connectivity index (χ4v) is 5.45. The minimum atomic E-state index is -3.82. The number of sulfonamides is 1. The summed E-state index contributed by atoms with van der Waals surface area (Å²) >= 11 is 1.04. The number of aromatic nitrogens is 2. The number of rotatable bonds is 8. The number of nitrogens with zero attached hydrogens (tertiary/aromatic N) is 2. The Morgan fingerprint density at radius 1 is 1.21 bits per heavy atom. The summed E-state index contributed by atoms with van der Waals surface area (Å²) in [6, 6.07) is 7.33. The minimum Gasteiger partial charge on any atom is -0.456 e. The normalized spacial score (nSPS) is 11.1. The van der Waals surface area contributed by atoms with Gasteiger partial charge in [0.1, 0.15) is 22.8 Å². The number of nitrogens with one attached hydrogen (secondary N) is 2. The standard InChI is InChI=1S/C26H25FN4O5S2.CH4/c1-6-28-24(32)25-29-21-23(37-25)19(13-31(5)26(21)33)18-12-17(30-38(34,35)7-2)8-9-20(18)36-22-14(3)10-16(27)11-15(22)4;/h7-13,30H,2,6H2,1,3-5H3,(H,28,32);1H4. The summed E-state index contributed by atoms with van der Waals surface area (Å²) in [6.07, 6.45) is 1.57. The van der Waals surface area contributed by atoms with Crippen LogP contribution in [0.5, 0.6) is 11.5 Å². The molecular weight excluding hydrogens is 543 g/mol. The molecular formula is C27H29FN4O5S2. The van der Waals surface area contributed by atoms with Crippen LogP contribution in [0.2, 0.25) is 0 Å². The van der Waals surface area contributed by atoms with E-state index in [2.05, 4.69) is 21.6 Å². The Balaban J connectivity index is 0.00000420. The van der Waals surface area contributed by atoms with E-state index in [1.54, 1.807) is 46.1 Å². The molecule has 2 N–H and O–H groups in total. The smallest absolute Gasteiger partial charge is 0.280 e. The fraction of sp³-hybridized carbons (Fsp3) is 0.222. The number of hydrogen-bond donors (Lipinski definition) is 2. The number of halogens is 1. The zero-order chi connectivity index (χ0) is 27.8. The largest absolute Gasteiger partial charge is 0.456 e. The number of pyridine rings is 1. The van der Waals surface area contributed by atoms with Crippen molar-refractivity contribution in [2.45, 2.75) is 28.2 Å². The van der Waals surface area contributed by atoms with Gasteiger partial charge in [0, 0.05) is 42.0 Å². The van der Waals surface area contributed by atoms with Crippen molar-refractivity contribution >= 4 is 43.2 Å². The number of benzene rings is 2. The molecule has 0 aliphatic carbocycles. The van der Waals surface area contributed by atoms with Gasteiger partial charge in [0.25, 0.3) is 21.5 Å². The zero-order valence-electron chi connectivity index (χ0n) is 21.1. The van der Waals surface area contributed by atoms with Crippen LogP contribution in [0.25, 0.3) is 21.3 Å². The monoisotopic (exact) mass is 572 g/mol. The third-order valence-corrected chi connectivity index (χ3v) is 7.68. The molecule has 0 aliphatic rings. The maximum Gasteiger partial charge on any atom is 0.280 e. The highest BCUT2D eigenvalue weighted by atomic mass is 32.2. The average Bonchev–Trinajstić information content (AvgIpc) is 3.30. The lowest BCUT2D eigenvalue weighted by Crippen LogP contribution is -2.22. The molecule has 0 saturated carbocycles. The minimum absolute atomic E-state index is 0. The number of thiazole rings is 1. The van der Waals surface area contributed by atoms with E-state index in [-0.39, 0.29) is 23.6 Å². The molecule has 0 bridgehead atoms. The molecule has 12 heteroatoms. The quantitative estimate of drug-likeness (QED) is 0.289. The van der Waals surface area contributed by atoms with Crippen molar-refractivity contribution in [3.8, 4) is 22.6 Å². The van der Waals surface area contributed by atoms with Crippen molar-refractivity contribution in [3.63, 3.8) is 0 Å². The molecule has 0 aliphatic heterocycles. The SMILES string of the molecule is C.C=CS(=O)(=O)Nc1ccc(Oc2c(C)cc(F)cc2C)c(-c2cn(C)c(=O)c3nc(C(=O)NCC)sc23)c1. The van der Waals surface area contributed by atoms with Gasteiger partial charge in [0.05, 0.1) is 4.70 Å². The topological polar surface area (TPSA) is 119 Å². The number of anilines is 1. The van der Waals surface area contributed by atoms with E-state index in [9.17, 15) is 22.4 Å². The van der Waals surface area contributed by atoms with Crippen molar-refractivity contribution < 1.29 is 22.3 Å². The molecule has 0 radical (unpaired) electrons. The molecule has 39 heavy (non-hydrogen) atoms. The van der Waals surface area contributed by atoms with E-state index in [0.717, 1.165) is 16.7 Å². The molecule has 9 nitrogen and oxygen atoms in total. The van der Waals surface area contributed by atoms with Crippen LogP contribution >= 0.6 is 11.3 Å². The van der Waals surface area contributed by atoms with E-state index < -0.39 is 27.3 Å². The molecule has 2 heterocycles. The van der Waals surface area contributed by atoms with Crippen LogP contribution in [-0.2, 0) is 17.1 Å². The molecule has 0 saturated heterocycles. The van der Waals surface area contributed by atoms with Gasteiger partial charge in [0.15, 0.2) is 5.01 Å². The zero-order valence-corrected chi connectivity index (χ0v) is 22.7. The van der Waals surface area contributed by atoms with Crippen LogP contribution < -0.4 is 20.3 Å². The summed E-state index contributed by atoms with van der Waals surface area (Å²) in [4.78, 5) is 29.7. The number of carbonyl (C=O) groups is 1. The number of amides is 1. The third kappa shape index (κ3) is 6.02. The predicted molar refractivity (Wildman–Crippen MR) is 154 cm³/mol. The highest BCUT2D eigenvalue weighted by molar-refractivity contribution is 7.95. The van der Waals surface area contributed by atoms with E-state index in [1.165, 1.54) is 22.8 Å². The van der Waals surface area contributed by atoms with E-state index in [0.29, 0.717) is 45.0 Å². The maximum atomic E-state index is 13.9. The molecule has 4 rings (SSSR count). The highest BCUT2D eigenvalue weighted by Crippen LogP contribution is 2.41. The van der Waals surface area contributed by atoms with E-state index in [4.69, 9.17) is 4.74 Å². The summed E-state index contributed by atoms with van der Waals surface area (Å²) in [7, 11) is -2.27. The van der Waals surface area contributed by atoms with Gasteiger partial charge >= 0.3 is 0 Å². The van der Waals surface area contributed by atoms with Crippen LogP contribution in [0.15, 0.2) is 53.3 Å². The molecule has 0 fully saturated rings. The number of aryl methyl sites for hydroxylation is 3. The van der Waals surface area contributed by atoms with E-state index >= 15 is 0 Å². The second kappa shape index (κ2) is 11.4. The van der Waals surface area contributed by atoms with Gasteiger partial charge in [-0.1, -0.05) is 14.0 Å². The third-order valence-electron chi connectivity index (χ3n) is 5.64. The lowest BCUT2D eigenvalue weighted by atomic mass is 10.0. The summed E-state index contributed by atoms with van der Waals surface area (Å²) in [6.45, 7) is 8.90. The molecule has 4 aromatic rings. The fourth-order valence-electron chi connectivity index (χ4n) is 3.92. The maximum absolute atomic E-state index is 13.9. The molecule has 2 aromatic heterocycles. The summed E-state index contributed by atoms with van der Waals surface area (Å²) < 4.78 is 48.7. The van der Waals surface area contributed by atoms with Gasteiger partial charge in [-0.2, -0.15) is 0 Å². The molecule has 0 atom stereocenters. The van der Waals surface area contributed by atoms with Crippen LogP contribution in [0.1, 0.15) is 35.3 Å². The first kappa shape index (κ1) is 29.5. The molecule has 1 amide bonds. The van der Waals surface area contributed by atoms with Crippen LogP contribution in [0, 0.1) is 19.7 Å². The Labute approximate surface area is 230 Å². The van der Waals surface area contributed by atoms with Gasteiger partial charge in [0.2, 0.25) is 0 Å². The number of fused-ring (bicyclic) bond motifs is 1. The number of hydrogen-bond acceptors (Lipinski definition) is 7. The van der Waals surface area contributed by atoms with Crippen LogP contribution in [0.3, 0.4) is 0 Å². The Kier molecular flexibility index (Phi) is 8.61. The molecule has 0 spiro atoms. The molecule has 206 valence electrons. The summed E-state index contributed by atoms with van der Waals surface area (Å²) in [5.74, 6) is -0.0648. The number of ether oxygens (including phenoxy) is 1. The van der Waals surface area contributed by atoms with Crippen molar-refractivity contribution in [1.82, 2.24) is 14.9 Å². The van der Waals surface area contributed by atoms with Crippen molar-refractivity contribution in [2.24, 2.45) is 7.05 Å². The predicted octanol–water partition coefficient (Wildman–Crippen LogP) is 5.48. The van der Waals surface area contributed by atoms with Crippen molar-refractivity contribution in [3.05, 3.63) is 80.8 Å². The van der Waals surface area contributed by atoms with Gasteiger partial charge in [-0.25, -0.2) is 17.8 Å². The number of carbonyl (C=O) groups excluding carboxylic acids is 1. The first-order valence-electron chi connectivity index (χ1n) is 11.5.